The zero-order chi connectivity index (χ0) is 15.1. The second kappa shape index (κ2) is 7.67. The van der Waals surface area contributed by atoms with Gasteiger partial charge in [-0.2, -0.15) is 0 Å². The van der Waals surface area contributed by atoms with Gasteiger partial charge in [0.05, 0.1) is 6.54 Å². The number of hydrogen-bond donors (Lipinski definition) is 2. The lowest BCUT2D eigenvalue weighted by Crippen LogP contribution is -2.36. The van der Waals surface area contributed by atoms with Gasteiger partial charge >= 0.3 is 0 Å². The Labute approximate surface area is 120 Å². The summed E-state index contributed by atoms with van der Waals surface area (Å²) in [5.74, 6) is 2.02. The molecular formula is C14H25N5O. The second-order valence-corrected chi connectivity index (χ2v) is 4.78. The monoisotopic (exact) mass is 279 g/mol. The predicted octanol–water partition coefficient (Wildman–Crippen LogP) is 1.48. The van der Waals surface area contributed by atoms with E-state index >= 15 is 0 Å². The van der Waals surface area contributed by atoms with Crippen molar-refractivity contribution >= 4 is 17.5 Å². The molecule has 3 N–H and O–H groups in total. The number of nitrogens with zero attached hydrogens (tertiary/aromatic N) is 3. The number of hydrogen-bond acceptors (Lipinski definition) is 5. The van der Waals surface area contributed by atoms with E-state index in [2.05, 4.69) is 22.2 Å². The number of amides is 1. The van der Waals surface area contributed by atoms with Crippen molar-refractivity contribution in [3.05, 3.63) is 11.4 Å². The fourth-order valence-corrected chi connectivity index (χ4v) is 2.06. The lowest BCUT2D eigenvalue weighted by Gasteiger charge is -2.25. The molecule has 1 aromatic rings. The Morgan fingerprint density at radius 1 is 1.35 bits per heavy atom. The van der Waals surface area contributed by atoms with Gasteiger partial charge < -0.3 is 16.0 Å². The number of nitrogens with two attached hydrogens (primary N) is 1. The molecule has 0 aliphatic rings. The maximum absolute atomic E-state index is 11.3. The van der Waals surface area contributed by atoms with Gasteiger partial charge in [0.25, 0.3) is 0 Å². The SMILES string of the molecule is CCCCN(CC(N)=O)c1nc(CC)nc(NC)c1C. The van der Waals surface area contributed by atoms with Gasteiger partial charge in [0, 0.05) is 25.6 Å². The minimum Gasteiger partial charge on any atom is -0.373 e. The van der Waals surface area contributed by atoms with E-state index in [4.69, 9.17) is 5.73 Å². The molecule has 0 aromatic carbocycles. The van der Waals surface area contributed by atoms with E-state index in [1.54, 1.807) is 0 Å². The molecule has 0 atom stereocenters. The molecule has 112 valence electrons. The molecular weight excluding hydrogens is 254 g/mol. The Morgan fingerprint density at radius 3 is 2.55 bits per heavy atom. The summed E-state index contributed by atoms with van der Waals surface area (Å²) in [5, 5.41) is 3.08. The first kappa shape index (κ1) is 16.2. The maximum Gasteiger partial charge on any atom is 0.236 e. The Bertz CT molecular complexity index is 461. The van der Waals surface area contributed by atoms with Gasteiger partial charge in [-0.3, -0.25) is 4.79 Å². The quantitative estimate of drug-likeness (QED) is 0.753. The third kappa shape index (κ3) is 4.08. The molecule has 0 aliphatic heterocycles. The number of carbonyl (C=O) groups excluding carboxylic acids is 1. The summed E-state index contributed by atoms with van der Waals surface area (Å²) in [6.45, 7) is 7.04. The highest BCUT2D eigenvalue weighted by molar-refractivity contribution is 5.79. The highest BCUT2D eigenvalue weighted by atomic mass is 16.1. The normalized spacial score (nSPS) is 10.4. The molecule has 0 radical (unpaired) electrons. The van der Waals surface area contributed by atoms with E-state index in [0.29, 0.717) is 0 Å². The lowest BCUT2D eigenvalue weighted by atomic mass is 10.2. The van der Waals surface area contributed by atoms with E-state index < -0.39 is 0 Å². The molecule has 20 heavy (non-hydrogen) atoms. The smallest absolute Gasteiger partial charge is 0.236 e. The van der Waals surface area contributed by atoms with Gasteiger partial charge in [-0.05, 0) is 13.3 Å². The van der Waals surface area contributed by atoms with Crippen LogP contribution in [0.15, 0.2) is 0 Å². The minimum atomic E-state index is -0.344. The molecule has 1 aromatic heterocycles. The Kier molecular flexibility index (Phi) is 6.21. The first-order chi connectivity index (χ1) is 9.53. The highest BCUT2D eigenvalue weighted by Gasteiger charge is 2.17. The van der Waals surface area contributed by atoms with Gasteiger partial charge in [-0.25, -0.2) is 9.97 Å². The average molecular weight is 279 g/mol. The first-order valence-electron chi connectivity index (χ1n) is 7.11. The van der Waals surface area contributed by atoms with Crippen molar-refractivity contribution in [2.24, 2.45) is 5.73 Å². The molecule has 0 spiro atoms. The molecule has 6 nitrogen and oxygen atoms in total. The summed E-state index contributed by atoms with van der Waals surface area (Å²) in [4.78, 5) is 22.3. The fraction of sp³-hybridized carbons (Fsp3) is 0.643. The molecule has 0 unspecified atom stereocenters. The van der Waals surface area contributed by atoms with Crippen LogP contribution in [0, 0.1) is 6.92 Å². The van der Waals surface area contributed by atoms with E-state index in [1.165, 1.54) is 0 Å². The van der Waals surface area contributed by atoms with Crippen molar-refractivity contribution in [1.29, 1.82) is 0 Å². The van der Waals surface area contributed by atoms with E-state index in [0.717, 1.165) is 48.8 Å². The summed E-state index contributed by atoms with van der Waals surface area (Å²) in [7, 11) is 1.84. The largest absolute Gasteiger partial charge is 0.373 e. The number of primary amides is 1. The number of aryl methyl sites for hydroxylation is 1. The third-order valence-electron chi connectivity index (χ3n) is 3.15. The van der Waals surface area contributed by atoms with Crippen LogP contribution in [0.3, 0.4) is 0 Å². The summed E-state index contributed by atoms with van der Waals surface area (Å²) >= 11 is 0. The highest BCUT2D eigenvalue weighted by Crippen LogP contribution is 2.23. The van der Waals surface area contributed by atoms with Crippen molar-refractivity contribution in [3.8, 4) is 0 Å². The number of aromatic nitrogens is 2. The van der Waals surface area contributed by atoms with Crippen LogP contribution < -0.4 is 16.0 Å². The van der Waals surface area contributed by atoms with Crippen molar-refractivity contribution in [2.75, 3.05) is 30.4 Å². The fourth-order valence-electron chi connectivity index (χ4n) is 2.06. The van der Waals surface area contributed by atoms with Crippen molar-refractivity contribution in [2.45, 2.75) is 40.0 Å². The number of unbranched alkanes of at least 4 members (excludes halogenated alkanes) is 1. The molecule has 1 heterocycles. The Hall–Kier alpha value is -1.85. The van der Waals surface area contributed by atoms with Crippen molar-refractivity contribution in [1.82, 2.24) is 9.97 Å². The Morgan fingerprint density at radius 2 is 2.05 bits per heavy atom. The van der Waals surface area contributed by atoms with E-state index in [9.17, 15) is 4.79 Å². The molecule has 0 saturated carbocycles. The van der Waals surface area contributed by atoms with E-state index in [1.807, 2.05) is 25.8 Å². The summed E-state index contributed by atoms with van der Waals surface area (Å²) in [6, 6.07) is 0. The number of rotatable bonds is 8. The van der Waals surface area contributed by atoms with Gasteiger partial charge in [0.2, 0.25) is 5.91 Å². The van der Waals surface area contributed by atoms with Gasteiger partial charge in [0.15, 0.2) is 0 Å². The molecule has 1 amide bonds. The van der Waals surface area contributed by atoms with Crippen LogP contribution >= 0.6 is 0 Å². The summed E-state index contributed by atoms with van der Waals surface area (Å²) in [6.07, 6.45) is 2.80. The van der Waals surface area contributed by atoms with Crippen LogP contribution in [0.5, 0.6) is 0 Å². The van der Waals surface area contributed by atoms with Crippen LogP contribution in [0.4, 0.5) is 11.6 Å². The van der Waals surface area contributed by atoms with Crippen LogP contribution in [-0.4, -0.2) is 36.0 Å². The number of anilines is 2. The lowest BCUT2D eigenvalue weighted by molar-refractivity contribution is -0.116. The molecule has 0 bridgehead atoms. The summed E-state index contributed by atoms with van der Waals surface area (Å²) < 4.78 is 0. The van der Waals surface area contributed by atoms with Crippen LogP contribution in [0.25, 0.3) is 0 Å². The molecule has 0 fully saturated rings. The minimum absolute atomic E-state index is 0.185. The zero-order valence-corrected chi connectivity index (χ0v) is 12.9. The topological polar surface area (TPSA) is 84.1 Å². The molecule has 6 heteroatoms. The Balaban J connectivity index is 3.18. The number of carbonyl (C=O) groups is 1. The molecule has 0 aliphatic carbocycles. The zero-order valence-electron chi connectivity index (χ0n) is 12.9. The van der Waals surface area contributed by atoms with Gasteiger partial charge in [-0.1, -0.05) is 20.3 Å². The maximum atomic E-state index is 11.3. The van der Waals surface area contributed by atoms with Crippen molar-refractivity contribution < 1.29 is 4.79 Å². The standard InChI is InChI=1S/C14H25N5O/c1-5-7-8-19(9-11(15)20)14-10(3)13(16-4)17-12(6-2)18-14/h5-9H2,1-4H3,(H2,15,20)(H,16,17,18). The van der Waals surface area contributed by atoms with E-state index in [-0.39, 0.29) is 12.5 Å². The molecule has 1 rings (SSSR count). The summed E-state index contributed by atoms with van der Waals surface area (Å²) in [5.41, 5.74) is 6.30. The molecule has 0 saturated heterocycles. The predicted molar refractivity (Wildman–Crippen MR) is 82.0 cm³/mol. The first-order valence-corrected chi connectivity index (χ1v) is 7.11. The van der Waals surface area contributed by atoms with Gasteiger partial charge in [0.1, 0.15) is 17.5 Å². The van der Waals surface area contributed by atoms with Crippen LogP contribution in [0.2, 0.25) is 0 Å². The number of nitrogens with one attached hydrogen (secondary N) is 1. The van der Waals surface area contributed by atoms with Crippen LogP contribution in [0.1, 0.15) is 38.1 Å². The van der Waals surface area contributed by atoms with Crippen LogP contribution in [-0.2, 0) is 11.2 Å². The second-order valence-electron chi connectivity index (χ2n) is 4.78. The average Bonchev–Trinajstić information content (AvgIpc) is 2.43. The van der Waals surface area contributed by atoms with Gasteiger partial charge in [-0.15, -0.1) is 0 Å². The third-order valence-corrected chi connectivity index (χ3v) is 3.15. The van der Waals surface area contributed by atoms with Crippen molar-refractivity contribution in [3.63, 3.8) is 0 Å².